The van der Waals surface area contributed by atoms with Crippen LogP contribution < -0.4 is 10.5 Å². The van der Waals surface area contributed by atoms with Crippen molar-refractivity contribution >= 4 is 17.6 Å². The fourth-order valence-corrected chi connectivity index (χ4v) is 2.91. The van der Waals surface area contributed by atoms with Crippen LogP contribution in [0.3, 0.4) is 0 Å². The second kappa shape index (κ2) is 8.64. The van der Waals surface area contributed by atoms with Gasteiger partial charge in [-0.15, -0.1) is 30.0 Å². The first-order valence-corrected chi connectivity index (χ1v) is 8.78. The number of ether oxygens (including phenoxy) is 2. The number of hydrogen-bond donors (Lipinski definition) is 1. The summed E-state index contributed by atoms with van der Waals surface area (Å²) in [5.41, 5.74) is 5.03. The minimum atomic E-state index is -5.74. The van der Waals surface area contributed by atoms with Gasteiger partial charge in [0.15, 0.2) is 0 Å². The van der Waals surface area contributed by atoms with Gasteiger partial charge in [-0.1, -0.05) is 0 Å². The number of alkyl halides is 9. The molecule has 0 saturated heterocycles. The Hall–Kier alpha value is -2.36. The second-order valence-electron chi connectivity index (χ2n) is 5.84. The van der Waals surface area contributed by atoms with E-state index in [2.05, 4.69) is 14.6 Å². The molecule has 1 aromatic heterocycles. The number of aryl methyl sites for hydroxylation is 1. The number of nitrogen functional groups attached to an aromatic ring is 1. The van der Waals surface area contributed by atoms with Crippen molar-refractivity contribution < 1.29 is 53.4 Å². The smallest absolute Gasteiger partial charge is 0.409 e. The van der Waals surface area contributed by atoms with Gasteiger partial charge in [-0.2, -0.15) is 22.0 Å². The van der Waals surface area contributed by atoms with E-state index in [9.17, 15) is 43.9 Å². The highest BCUT2D eigenvalue weighted by atomic mass is 32.2. The molecule has 1 heterocycles. The van der Waals surface area contributed by atoms with Gasteiger partial charge in [0.25, 0.3) is 0 Å². The molecule has 2 N–H and O–H groups in total. The molecule has 1 aromatic carbocycles. The van der Waals surface area contributed by atoms with Gasteiger partial charge < -0.3 is 10.5 Å². The summed E-state index contributed by atoms with van der Waals surface area (Å²) in [6, 6.07) is 2.24. The number of halogens is 10. The molecule has 174 valence electrons. The van der Waals surface area contributed by atoms with Crippen LogP contribution in [0.1, 0.15) is 5.56 Å². The Morgan fingerprint density at radius 2 is 1.71 bits per heavy atom. The maximum absolute atomic E-state index is 14.3. The van der Waals surface area contributed by atoms with Crippen molar-refractivity contribution in [3.05, 3.63) is 29.6 Å². The summed E-state index contributed by atoms with van der Waals surface area (Å²) in [6.07, 6.45) is -19.7. The Balaban J connectivity index is 2.31. The van der Waals surface area contributed by atoms with Crippen LogP contribution in [0.5, 0.6) is 5.88 Å². The molecule has 0 spiro atoms. The molecule has 16 heteroatoms. The van der Waals surface area contributed by atoms with E-state index in [4.69, 9.17) is 5.73 Å². The molecule has 0 fully saturated rings. The SMILES string of the molecule is Cc1cc(F)c(-n2nc(OC(F)(F)C(F)OC(F)(F)F)cc2N)cc1SCC(F)(F)F. The van der Waals surface area contributed by atoms with Crippen LogP contribution in [0.4, 0.5) is 49.7 Å². The van der Waals surface area contributed by atoms with Crippen LogP contribution >= 0.6 is 11.8 Å². The molecule has 31 heavy (non-hydrogen) atoms. The lowest BCUT2D eigenvalue weighted by Gasteiger charge is -2.20. The minimum Gasteiger partial charge on any atom is -0.409 e. The van der Waals surface area contributed by atoms with Gasteiger partial charge in [0.1, 0.15) is 17.3 Å². The summed E-state index contributed by atoms with van der Waals surface area (Å²) >= 11 is 0.306. The first-order chi connectivity index (χ1) is 14.0. The van der Waals surface area contributed by atoms with E-state index in [0.29, 0.717) is 22.5 Å². The van der Waals surface area contributed by atoms with Crippen LogP contribution in [-0.2, 0) is 4.74 Å². The number of anilines is 1. The first-order valence-electron chi connectivity index (χ1n) is 7.79. The Morgan fingerprint density at radius 1 is 1.10 bits per heavy atom. The van der Waals surface area contributed by atoms with E-state index in [-0.39, 0.29) is 10.5 Å². The molecule has 0 amide bonds. The molecule has 2 aromatic rings. The second-order valence-corrected chi connectivity index (χ2v) is 6.85. The largest absolute Gasteiger partial charge is 0.525 e. The number of aromatic nitrogens is 2. The average Bonchev–Trinajstić information content (AvgIpc) is 2.91. The fourth-order valence-electron chi connectivity index (χ4n) is 2.11. The Morgan fingerprint density at radius 3 is 2.26 bits per heavy atom. The topological polar surface area (TPSA) is 62.3 Å². The van der Waals surface area contributed by atoms with Crippen molar-refractivity contribution in [1.82, 2.24) is 9.78 Å². The zero-order chi connectivity index (χ0) is 23.8. The average molecular weight is 487 g/mol. The summed E-state index contributed by atoms with van der Waals surface area (Å²) < 4.78 is 134. The predicted molar refractivity (Wildman–Crippen MR) is 87.1 cm³/mol. The number of benzene rings is 1. The molecule has 0 radical (unpaired) electrons. The fraction of sp³-hybridized carbons (Fsp3) is 0.400. The first kappa shape index (κ1) is 24.9. The molecule has 0 aliphatic heterocycles. The summed E-state index contributed by atoms with van der Waals surface area (Å²) in [5.74, 6) is -4.18. The summed E-state index contributed by atoms with van der Waals surface area (Å²) in [4.78, 5) is -0.0428. The van der Waals surface area contributed by atoms with E-state index in [0.717, 1.165) is 12.1 Å². The van der Waals surface area contributed by atoms with Crippen molar-refractivity contribution in [2.24, 2.45) is 0 Å². The normalized spacial score (nSPS) is 14.0. The lowest BCUT2D eigenvalue weighted by molar-refractivity contribution is -0.411. The number of nitrogens with zero attached hydrogens (tertiary/aromatic N) is 2. The lowest BCUT2D eigenvalue weighted by Crippen LogP contribution is -2.41. The molecule has 0 saturated carbocycles. The summed E-state index contributed by atoms with van der Waals surface area (Å²) in [6.45, 7) is 1.31. The van der Waals surface area contributed by atoms with Crippen molar-refractivity contribution in [2.45, 2.75) is 36.8 Å². The summed E-state index contributed by atoms with van der Waals surface area (Å²) in [5, 5.41) is 3.30. The molecule has 0 bridgehead atoms. The molecular formula is C15H11F10N3O2S. The standard InChI is InChI=1S/C15H11F10N3O2S/c1-6-2-7(16)8(3-9(6)31-5-13(18,19)20)28-10(26)4-11(27-28)29-14(21,22)12(17)30-15(23,24)25/h2-4,12H,5,26H2,1H3. The third-order valence-corrected chi connectivity index (χ3v) is 4.54. The van der Waals surface area contributed by atoms with Gasteiger partial charge in [-0.25, -0.2) is 18.2 Å². The molecule has 1 atom stereocenters. The van der Waals surface area contributed by atoms with Crippen LogP contribution in [0, 0.1) is 12.7 Å². The van der Waals surface area contributed by atoms with E-state index in [1.165, 1.54) is 6.92 Å². The van der Waals surface area contributed by atoms with Crippen molar-refractivity contribution in [3.8, 4) is 11.6 Å². The van der Waals surface area contributed by atoms with Crippen molar-refractivity contribution in [2.75, 3.05) is 11.5 Å². The Labute approximate surface area is 171 Å². The highest BCUT2D eigenvalue weighted by molar-refractivity contribution is 7.99. The zero-order valence-electron chi connectivity index (χ0n) is 15.0. The van der Waals surface area contributed by atoms with E-state index >= 15 is 0 Å². The van der Waals surface area contributed by atoms with E-state index in [1.54, 1.807) is 0 Å². The predicted octanol–water partition coefficient (Wildman–Crippen LogP) is 5.36. The van der Waals surface area contributed by atoms with Crippen LogP contribution in [-0.4, -0.2) is 40.5 Å². The molecule has 2 rings (SSSR count). The Bertz CT molecular complexity index is 929. The number of rotatable bonds is 7. The maximum atomic E-state index is 14.3. The number of nitrogens with two attached hydrogens (primary N) is 1. The van der Waals surface area contributed by atoms with Crippen LogP contribution in [0.15, 0.2) is 23.1 Å². The third-order valence-electron chi connectivity index (χ3n) is 3.32. The third kappa shape index (κ3) is 6.81. The van der Waals surface area contributed by atoms with Gasteiger partial charge in [-0.05, 0) is 24.6 Å². The van der Waals surface area contributed by atoms with E-state index < -0.39 is 54.0 Å². The lowest BCUT2D eigenvalue weighted by atomic mass is 10.2. The van der Waals surface area contributed by atoms with Gasteiger partial charge >= 0.3 is 25.0 Å². The van der Waals surface area contributed by atoms with Crippen molar-refractivity contribution in [3.63, 3.8) is 0 Å². The van der Waals surface area contributed by atoms with Gasteiger partial charge in [-0.3, -0.25) is 0 Å². The molecule has 1 unspecified atom stereocenters. The molecule has 0 aliphatic rings. The van der Waals surface area contributed by atoms with Gasteiger partial charge in [0.05, 0.1) is 5.75 Å². The van der Waals surface area contributed by atoms with Gasteiger partial charge in [0.2, 0.25) is 5.88 Å². The highest BCUT2D eigenvalue weighted by Gasteiger charge is 2.51. The highest BCUT2D eigenvalue weighted by Crippen LogP contribution is 2.35. The Kier molecular flexibility index (Phi) is 6.94. The van der Waals surface area contributed by atoms with Crippen LogP contribution in [0.25, 0.3) is 5.69 Å². The molecular weight excluding hydrogens is 476 g/mol. The molecule has 5 nitrogen and oxygen atoms in total. The van der Waals surface area contributed by atoms with Crippen molar-refractivity contribution in [1.29, 1.82) is 0 Å². The summed E-state index contributed by atoms with van der Waals surface area (Å²) in [7, 11) is 0. The monoisotopic (exact) mass is 487 g/mol. The quantitative estimate of drug-likeness (QED) is 0.421. The molecule has 0 aliphatic carbocycles. The van der Waals surface area contributed by atoms with Gasteiger partial charge in [0, 0.05) is 11.0 Å². The zero-order valence-corrected chi connectivity index (χ0v) is 15.8. The number of hydrogen-bond acceptors (Lipinski definition) is 5. The minimum absolute atomic E-state index is 0.0428. The van der Waals surface area contributed by atoms with Crippen LogP contribution in [0.2, 0.25) is 0 Å². The maximum Gasteiger partial charge on any atom is 0.525 e. The number of thioether (sulfide) groups is 1. The van der Waals surface area contributed by atoms with E-state index in [1.807, 2.05) is 0 Å².